The van der Waals surface area contributed by atoms with Crippen LogP contribution in [0.2, 0.25) is 0 Å². The Morgan fingerprint density at radius 1 is 1.11 bits per heavy atom. The number of nitrogens with zero attached hydrogens (tertiary/aromatic N) is 3. The zero-order valence-corrected chi connectivity index (χ0v) is 19.0. The summed E-state index contributed by atoms with van der Waals surface area (Å²) in [4.78, 5) is 16.6. The van der Waals surface area contributed by atoms with Crippen LogP contribution >= 0.6 is 11.8 Å². The van der Waals surface area contributed by atoms with Crippen molar-refractivity contribution >= 4 is 17.5 Å². The summed E-state index contributed by atoms with van der Waals surface area (Å²) in [5, 5.41) is 3.70. The van der Waals surface area contributed by atoms with Crippen LogP contribution in [0, 0.1) is 0 Å². The van der Waals surface area contributed by atoms with Crippen molar-refractivity contribution in [2.75, 3.05) is 0 Å². The standard InChI is InChI=1S/C23H16F5N3O4S/c24-22(25,26)21-13-2-1-3-14(32)20(13)31(30-21)12-6-7-29-18(9-12)33-19-10-17(36-19)11-4-5-15-16(8-11)35-23(27,28)34-15/h4-9,17,19H,1-3,10H2. The summed E-state index contributed by atoms with van der Waals surface area (Å²) < 4.78 is 82.9. The van der Waals surface area contributed by atoms with Crippen LogP contribution in [0.5, 0.6) is 17.4 Å². The largest absolute Gasteiger partial charge is 0.586 e. The van der Waals surface area contributed by atoms with Gasteiger partial charge in [0.15, 0.2) is 23.0 Å². The van der Waals surface area contributed by atoms with E-state index in [1.54, 1.807) is 6.07 Å². The SMILES string of the molecule is O=C1CCCc2c(C(F)(F)F)nn(-c3ccnc(OC4CC(c5ccc6c(c5)OC(F)(F)O6)S4)c3)c21. The van der Waals surface area contributed by atoms with Gasteiger partial charge in [-0.05, 0) is 36.6 Å². The van der Waals surface area contributed by atoms with Gasteiger partial charge in [-0.2, -0.15) is 18.3 Å². The van der Waals surface area contributed by atoms with Crippen molar-refractivity contribution in [3.63, 3.8) is 0 Å². The molecule has 36 heavy (non-hydrogen) atoms. The Kier molecular flexibility index (Phi) is 5.18. The molecule has 6 rings (SSSR count). The fourth-order valence-corrected chi connectivity index (χ4v) is 5.52. The van der Waals surface area contributed by atoms with Crippen LogP contribution in [0.4, 0.5) is 22.0 Å². The van der Waals surface area contributed by atoms with Crippen molar-refractivity contribution in [2.45, 2.75) is 48.8 Å². The summed E-state index contributed by atoms with van der Waals surface area (Å²) >= 11 is 1.43. The second-order valence-corrected chi connectivity index (χ2v) is 9.86. The lowest BCUT2D eigenvalue weighted by Crippen LogP contribution is -2.26. The van der Waals surface area contributed by atoms with E-state index in [1.165, 1.54) is 42.2 Å². The highest BCUT2D eigenvalue weighted by Gasteiger charge is 2.44. The summed E-state index contributed by atoms with van der Waals surface area (Å²) in [5.41, 5.74) is -0.510. The van der Waals surface area contributed by atoms with Gasteiger partial charge in [0.25, 0.3) is 0 Å². The number of thioether (sulfide) groups is 1. The molecule has 1 fully saturated rings. The Hall–Kier alpha value is -3.35. The van der Waals surface area contributed by atoms with Gasteiger partial charge in [-0.3, -0.25) is 4.79 Å². The number of pyridine rings is 1. The summed E-state index contributed by atoms with van der Waals surface area (Å²) in [5.74, 6) is -0.297. The minimum Gasteiger partial charge on any atom is -0.463 e. The average Bonchev–Trinajstić information content (AvgIpc) is 3.33. The second kappa shape index (κ2) is 8.08. The van der Waals surface area contributed by atoms with Gasteiger partial charge in [-0.1, -0.05) is 6.07 Å². The number of aromatic nitrogens is 3. The van der Waals surface area contributed by atoms with Gasteiger partial charge < -0.3 is 14.2 Å². The lowest BCUT2D eigenvalue weighted by molar-refractivity contribution is -0.286. The number of alkyl halides is 5. The number of ether oxygens (including phenoxy) is 3. The molecule has 4 heterocycles. The maximum Gasteiger partial charge on any atom is 0.586 e. The van der Waals surface area contributed by atoms with Gasteiger partial charge in [-0.25, -0.2) is 9.67 Å². The molecule has 2 aliphatic heterocycles. The molecule has 0 amide bonds. The maximum absolute atomic E-state index is 13.5. The van der Waals surface area contributed by atoms with Gasteiger partial charge in [0.05, 0.1) is 5.69 Å². The summed E-state index contributed by atoms with van der Waals surface area (Å²) in [7, 11) is 0. The molecule has 1 aliphatic carbocycles. The van der Waals surface area contributed by atoms with Crippen LogP contribution in [0.15, 0.2) is 36.5 Å². The Labute approximate surface area is 204 Å². The molecule has 3 aliphatic rings. The fraction of sp³-hybridized carbons (Fsp3) is 0.348. The van der Waals surface area contributed by atoms with Crippen molar-refractivity contribution in [3.05, 3.63) is 59.0 Å². The Morgan fingerprint density at radius 3 is 2.67 bits per heavy atom. The zero-order chi connectivity index (χ0) is 25.2. The molecule has 0 bridgehead atoms. The third-order valence-electron chi connectivity index (χ3n) is 6.08. The number of ketones is 1. The number of halogens is 5. The number of hydrogen-bond acceptors (Lipinski definition) is 7. The predicted molar refractivity (Wildman–Crippen MR) is 116 cm³/mol. The van der Waals surface area contributed by atoms with Gasteiger partial charge >= 0.3 is 12.5 Å². The number of Topliss-reactive ketones (excluding diaryl/α,β-unsaturated/α-hetero) is 1. The monoisotopic (exact) mass is 525 g/mol. The molecule has 2 atom stereocenters. The van der Waals surface area contributed by atoms with Crippen LogP contribution in [0.1, 0.15) is 51.8 Å². The van der Waals surface area contributed by atoms with Crippen LogP contribution in [-0.2, 0) is 12.6 Å². The summed E-state index contributed by atoms with van der Waals surface area (Å²) in [6.07, 6.45) is -5.82. The molecule has 2 unspecified atom stereocenters. The quantitative estimate of drug-likeness (QED) is 0.404. The van der Waals surface area contributed by atoms with Crippen LogP contribution in [0.25, 0.3) is 5.69 Å². The topological polar surface area (TPSA) is 75.5 Å². The van der Waals surface area contributed by atoms with E-state index in [1.807, 2.05) is 0 Å². The van der Waals surface area contributed by atoms with E-state index in [0.29, 0.717) is 12.8 Å². The van der Waals surface area contributed by atoms with E-state index in [4.69, 9.17) is 4.74 Å². The fourth-order valence-electron chi connectivity index (χ4n) is 4.47. The molecule has 0 spiro atoms. The van der Waals surface area contributed by atoms with Crippen molar-refractivity contribution in [2.24, 2.45) is 0 Å². The van der Waals surface area contributed by atoms with E-state index >= 15 is 0 Å². The predicted octanol–water partition coefficient (Wildman–Crippen LogP) is 5.71. The van der Waals surface area contributed by atoms with E-state index in [2.05, 4.69) is 19.6 Å². The molecule has 188 valence electrons. The van der Waals surface area contributed by atoms with Crippen molar-refractivity contribution in [1.29, 1.82) is 0 Å². The van der Waals surface area contributed by atoms with Gasteiger partial charge in [0.1, 0.15) is 11.1 Å². The third kappa shape index (κ3) is 4.04. The van der Waals surface area contributed by atoms with Crippen molar-refractivity contribution < 1.29 is 41.0 Å². The molecule has 2 aromatic heterocycles. The smallest absolute Gasteiger partial charge is 0.463 e. The van der Waals surface area contributed by atoms with E-state index in [-0.39, 0.29) is 57.9 Å². The highest BCUT2D eigenvalue weighted by molar-refractivity contribution is 8.01. The normalized spacial score (nSPS) is 22.2. The first-order valence-electron chi connectivity index (χ1n) is 11.0. The van der Waals surface area contributed by atoms with E-state index < -0.39 is 23.9 Å². The molecule has 1 saturated heterocycles. The first kappa shape index (κ1) is 23.1. The number of carbonyl (C=O) groups is 1. The molecule has 0 radical (unpaired) electrons. The Morgan fingerprint density at radius 2 is 1.89 bits per heavy atom. The van der Waals surface area contributed by atoms with Gasteiger partial charge in [-0.15, -0.1) is 20.5 Å². The molecule has 13 heteroatoms. The molecule has 0 saturated carbocycles. The first-order chi connectivity index (χ1) is 17.1. The maximum atomic E-state index is 13.5. The van der Waals surface area contributed by atoms with E-state index in [9.17, 15) is 26.7 Å². The van der Waals surface area contributed by atoms with Crippen LogP contribution < -0.4 is 14.2 Å². The Balaban J connectivity index is 1.18. The average molecular weight is 525 g/mol. The molecule has 0 N–H and O–H groups in total. The molecule has 7 nitrogen and oxygen atoms in total. The molecule has 3 aromatic rings. The first-order valence-corrected chi connectivity index (χ1v) is 11.9. The number of hydrogen-bond donors (Lipinski definition) is 0. The lowest BCUT2D eigenvalue weighted by atomic mass is 9.94. The third-order valence-corrected chi connectivity index (χ3v) is 7.47. The minimum absolute atomic E-state index is 0.0325. The minimum atomic E-state index is -4.68. The zero-order valence-electron chi connectivity index (χ0n) is 18.2. The van der Waals surface area contributed by atoms with Gasteiger partial charge in [0.2, 0.25) is 5.88 Å². The highest BCUT2D eigenvalue weighted by Crippen LogP contribution is 2.51. The lowest BCUT2D eigenvalue weighted by Gasteiger charge is -2.34. The number of rotatable bonds is 4. The van der Waals surface area contributed by atoms with Crippen molar-refractivity contribution in [1.82, 2.24) is 14.8 Å². The van der Waals surface area contributed by atoms with E-state index in [0.717, 1.165) is 10.2 Å². The number of fused-ring (bicyclic) bond motifs is 2. The van der Waals surface area contributed by atoms with Crippen molar-refractivity contribution in [3.8, 4) is 23.1 Å². The molecular weight excluding hydrogens is 509 g/mol. The molecule has 1 aromatic carbocycles. The van der Waals surface area contributed by atoms with Crippen LogP contribution in [0.3, 0.4) is 0 Å². The summed E-state index contributed by atoms with van der Waals surface area (Å²) in [6, 6.07) is 7.49. The second-order valence-electron chi connectivity index (χ2n) is 8.50. The molecular formula is C23H16F5N3O4S. The highest BCUT2D eigenvalue weighted by atomic mass is 32.2. The summed E-state index contributed by atoms with van der Waals surface area (Å²) in [6.45, 7) is 0. The van der Waals surface area contributed by atoms with Gasteiger partial charge in [0, 0.05) is 35.9 Å². The number of benzene rings is 1. The number of carbonyl (C=O) groups excluding carboxylic acids is 1. The van der Waals surface area contributed by atoms with Crippen LogP contribution in [-0.4, -0.2) is 32.3 Å². The Bertz CT molecular complexity index is 1370.